The van der Waals surface area contributed by atoms with Gasteiger partial charge in [0.15, 0.2) is 6.10 Å². The van der Waals surface area contributed by atoms with Crippen molar-refractivity contribution in [2.24, 2.45) is 0 Å². The van der Waals surface area contributed by atoms with Gasteiger partial charge in [0.2, 0.25) is 0 Å². The van der Waals surface area contributed by atoms with Crippen molar-refractivity contribution in [3.05, 3.63) is 53.1 Å². The number of esters is 1. The van der Waals surface area contributed by atoms with E-state index in [9.17, 15) is 9.59 Å². The lowest BCUT2D eigenvalue weighted by molar-refractivity contribution is -0.151. The zero-order chi connectivity index (χ0) is 21.2. The van der Waals surface area contributed by atoms with Gasteiger partial charge in [-0.05, 0) is 55.8 Å². The quantitative estimate of drug-likeness (QED) is 0.428. The Balaban J connectivity index is 1.89. The summed E-state index contributed by atoms with van der Waals surface area (Å²) in [5.41, 5.74) is 1.000. The second-order valence-corrected chi connectivity index (χ2v) is 6.87. The van der Waals surface area contributed by atoms with Gasteiger partial charge in [-0.15, -0.1) is 0 Å². The average molecular weight is 420 g/mol. The minimum Gasteiger partial charge on any atom is -0.495 e. The van der Waals surface area contributed by atoms with Gasteiger partial charge in [0.25, 0.3) is 5.91 Å². The van der Waals surface area contributed by atoms with Crippen LogP contribution in [0.4, 0.5) is 5.69 Å². The van der Waals surface area contributed by atoms with Crippen LogP contribution in [0.3, 0.4) is 0 Å². The van der Waals surface area contributed by atoms with Gasteiger partial charge >= 0.3 is 5.97 Å². The third-order valence-electron chi connectivity index (χ3n) is 4.16. The van der Waals surface area contributed by atoms with Gasteiger partial charge in [-0.3, -0.25) is 4.79 Å². The number of hydrogen-bond acceptors (Lipinski definition) is 5. The molecule has 0 aliphatic carbocycles. The second-order valence-electron chi connectivity index (χ2n) is 6.46. The molecular weight excluding hydrogens is 394 g/mol. The van der Waals surface area contributed by atoms with Crippen LogP contribution in [0, 0.1) is 0 Å². The fourth-order valence-electron chi connectivity index (χ4n) is 2.53. The topological polar surface area (TPSA) is 73.9 Å². The molecule has 0 spiro atoms. The van der Waals surface area contributed by atoms with Crippen LogP contribution >= 0.6 is 11.6 Å². The summed E-state index contributed by atoms with van der Waals surface area (Å²) in [7, 11) is 1.52. The fraction of sp³-hybridized carbons (Fsp3) is 0.364. The largest absolute Gasteiger partial charge is 0.495 e. The van der Waals surface area contributed by atoms with Crippen molar-refractivity contribution in [2.75, 3.05) is 19.0 Å². The normalized spacial score (nSPS) is 11.4. The minimum atomic E-state index is -0.724. The molecule has 156 valence electrons. The van der Waals surface area contributed by atoms with Gasteiger partial charge < -0.3 is 19.5 Å². The molecule has 1 amide bonds. The van der Waals surface area contributed by atoms with Gasteiger partial charge in [0, 0.05) is 11.3 Å². The Morgan fingerprint density at radius 3 is 2.45 bits per heavy atom. The van der Waals surface area contributed by atoms with Crippen LogP contribution in [0.2, 0.25) is 5.02 Å². The Hall–Kier alpha value is -2.73. The highest BCUT2D eigenvalue weighted by Crippen LogP contribution is 2.27. The Morgan fingerprint density at radius 2 is 1.83 bits per heavy atom. The molecule has 1 unspecified atom stereocenters. The van der Waals surface area contributed by atoms with E-state index < -0.39 is 12.1 Å². The molecule has 29 heavy (non-hydrogen) atoms. The van der Waals surface area contributed by atoms with Crippen molar-refractivity contribution in [2.45, 2.75) is 39.2 Å². The van der Waals surface area contributed by atoms with E-state index in [1.165, 1.54) is 7.11 Å². The van der Waals surface area contributed by atoms with Crippen molar-refractivity contribution in [3.8, 4) is 11.5 Å². The first kappa shape index (κ1) is 22.6. The number of anilines is 1. The van der Waals surface area contributed by atoms with E-state index >= 15 is 0 Å². The molecule has 0 aliphatic rings. The van der Waals surface area contributed by atoms with Crippen molar-refractivity contribution >= 4 is 29.2 Å². The average Bonchev–Trinajstić information content (AvgIpc) is 2.71. The standard InChI is InChI=1S/C22H26ClNO5/c1-4-5-6-13-28-22(26)15(2)29-18-10-7-16(8-11-18)21(25)24-17-9-12-20(27-3)19(23)14-17/h7-12,14-15H,4-6,13H2,1-3H3,(H,24,25). The molecule has 7 heteroatoms. The summed E-state index contributed by atoms with van der Waals surface area (Å²) in [6, 6.07) is 11.5. The molecule has 2 aromatic rings. The van der Waals surface area contributed by atoms with E-state index in [1.54, 1.807) is 49.4 Å². The van der Waals surface area contributed by atoms with Crippen LogP contribution in [0.1, 0.15) is 43.5 Å². The Morgan fingerprint density at radius 1 is 1.10 bits per heavy atom. The zero-order valence-electron chi connectivity index (χ0n) is 16.9. The minimum absolute atomic E-state index is 0.291. The molecule has 0 heterocycles. The number of nitrogens with one attached hydrogen (secondary N) is 1. The molecule has 0 radical (unpaired) electrons. The number of carbonyl (C=O) groups is 2. The summed E-state index contributed by atoms with van der Waals surface area (Å²) < 4.78 is 15.9. The number of benzene rings is 2. The van der Waals surface area contributed by atoms with Crippen LogP contribution in [0.15, 0.2) is 42.5 Å². The van der Waals surface area contributed by atoms with Gasteiger partial charge in [0.1, 0.15) is 11.5 Å². The number of hydrogen-bond donors (Lipinski definition) is 1. The molecule has 0 bridgehead atoms. The van der Waals surface area contributed by atoms with Crippen LogP contribution in [0.5, 0.6) is 11.5 Å². The molecule has 0 saturated carbocycles. The monoisotopic (exact) mass is 419 g/mol. The summed E-state index contributed by atoms with van der Waals surface area (Å²) in [5, 5.41) is 3.18. The summed E-state index contributed by atoms with van der Waals surface area (Å²) in [6.07, 6.45) is 2.21. The lowest BCUT2D eigenvalue weighted by Gasteiger charge is -2.14. The molecular formula is C22H26ClNO5. The van der Waals surface area contributed by atoms with E-state index in [4.69, 9.17) is 25.8 Å². The Bertz CT molecular complexity index is 822. The smallest absolute Gasteiger partial charge is 0.347 e. The number of rotatable bonds is 10. The highest BCUT2D eigenvalue weighted by Gasteiger charge is 2.16. The molecule has 0 saturated heterocycles. The molecule has 0 fully saturated rings. The highest BCUT2D eigenvalue weighted by atomic mass is 35.5. The van der Waals surface area contributed by atoms with Gasteiger partial charge in [0.05, 0.1) is 18.7 Å². The van der Waals surface area contributed by atoms with Gasteiger partial charge in [-0.1, -0.05) is 31.4 Å². The number of halogens is 1. The maximum atomic E-state index is 12.4. The lowest BCUT2D eigenvalue weighted by atomic mass is 10.2. The van der Waals surface area contributed by atoms with E-state index in [0.29, 0.717) is 34.4 Å². The molecule has 1 N–H and O–H groups in total. The zero-order valence-corrected chi connectivity index (χ0v) is 17.6. The number of unbranched alkanes of at least 4 members (excludes halogenated alkanes) is 2. The second kappa shape index (κ2) is 11.3. The van der Waals surface area contributed by atoms with E-state index in [1.807, 2.05) is 0 Å². The predicted molar refractivity (Wildman–Crippen MR) is 113 cm³/mol. The Labute approximate surface area is 176 Å². The van der Waals surface area contributed by atoms with Crippen LogP contribution in [-0.4, -0.2) is 31.7 Å². The first-order chi connectivity index (χ1) is 13.9. The summed E-state index contributed by atoms with van der Waals surface area (Å²) >= 11 is 6.07. The molecule has 0 aromatic heterocycles. The highest BCUT2D eigenvalue weighted by molar-refractivity contribution is 6.32. The maximum absolute atomic E-state index is 12.4. The third-order valence-corrected chi connectivity index (χ3v) is 4.46. The van der Waals surface area contributed by atoms with Crippen LogP contribution < -0.4 is 14.8 Å². The van der Waals surface area contributed by atoms with E-state index in [2.05, 4.69) is 12.2 Å². The molecule has 2 rings (SSSR count). The molecule has 6 nitrogen and oxygen atoms in total. The predicted octanol–water partition coefficient (Wildman–Crippen LogP) is 5.10. The van der Waals surface area contributed by atoms with Crippen molar-refractivity contribution in [1.82, 2.24) is 0 Å². The van der Waals surface area contributed by atoms with Crippen molar-refractivity contribution < 1.29 is 23.8 Å². The van der Waals surface area contributed by atoms with E-state index in [0.717, 1.165) is 19.3 Å². The molecule has 1 atom stereocenters. The molecule has 0 aliphatic heterocycles. The molecule has 2 aromatic carbocycles. The lowest BCUT2D eigenvalue weighted by Crippen LogP contribution is -2.26. The van der Waals surface area contributed by atoms with Gasteiger partial charge in [-0.25, -0.2) is 4.79 Å². The van der Waals surface area contributed by atoms with Crippen molar-refractivity contribution in [1.29, 1.82) is 0 Å². The maximum Gasteiger partial charge on any atom is 0.347 e. The fourth-order valence-corrected chi connectivity index (χ4v) is 2.78. The van der Waals surface area contributed by atoms with Crippen LogP contribution in [0.25, 0.3) is 0 Å². The first-order valence-electron chi connectivity index (χ1n) is 9.52. The Kier molecular flexibility index (Phi) is 8.80. The number of carbonyl (C=O) groups excluding carboxylic acids is 2. The number of methoxy groups -OCH3 is 1. The van der Waals surface area contributed by atoms with E-state index in [-0.39, 0.29) is 5.91 Å². The summed E-state index contributed by atoms with van der Waals surface area (Å²) in [5.74, 6) is 0.316. The van der Waals surface area contributed by atoms with Crippen molar-refractivity contribution in [3.63, 3.8) is 0 Å². The third kappa shape index (κ3) is 6.98. The summed E-state index contributed by atoms with van der Waals surface area (Å²) in [4.78, 5) is 24.3. The first-order valence-corrected chi connectivity index (χ1v) is 9.90. The van der Waals surface area contributed by atoms with Gasteiger partial charge in [-0.2, -0.15) is 0 Å². The van der Waals surface area contributed by atoms with Crippen LogP contribution in [-0.2, 0) is 9.53 Å². The number of ether oxygens (including phenoxy) is 3. The summed E-state index contributed by atoms with van der Waals surface area (Å²) in [6.45, 7) is 4.12. The number of amides is 1. The SMILES string of the molecule is CCCCCOC(=O)C(C)Oc1ccc(C(=O)Nc2ccc(OC)c(Cl)c2)cc1.